The predicted molar refractivity (Wildman–Crippen MR) is 75.8 cm³/mol. The summed E-state index contributed by atoms with van der Waals surface area (Å²) in [5.74, 6) is 0. The fourth-order valence-corrected chi connectivity index (χ4v) is 1.58. The van der Waals surface area contributed by atoms with E-state index in [9.17, 15) is 0 Å². The average molecular weight is 287 g/mol. The van der Waals surface area contributed by atoms with Crippen LogP contribution >= 0.6 is 0 Å². The second-order valence-electron chi connectivity index (χ2n) is 4.61. The van der Waals surface area contributed by atoms with E-state index in [0.717, 1.165) is 6.54 Å². The average Bonchev–Trinajstić information content (AvgIpc) is 2.32. The minimum absolute atomic E-state index is 0.604. The molecule has 1 aromatic heterocycles. The zero-order valence-electron chi connectivity index (χ0n) is 12.1. The van der Waals surface area contributed by atoms with Crippen molar-refractivity contribution in [2.45, 2.75) is 52.5 Å². The Kier molecular flexibility index (Phi) is 9.43. The van der Waals surface area contributed by atoms with Crippen LogP contribution in [0, 0.1) is 0 Å². The van der Waals surface area contributed by atoms with Gasteiger partial charge in [-0.3, -0.25) is 0 Å². The summed E-state index contributed by atoms with van der Waals surface area (Å²) in [6, 6.07) is 4.40. The largest absolute Gasteiger partial charge is 0.748 e. The zero-order chi connectivity index (χ0) is 14.7. The molecule has 4 nitrogen and oxygen atoms in total. The second-order valence-corrected chi connectivity index (χ2v) is 6.02. The zero-order valence-corrected chi connectivity index (χ0v) is 12.9. The van der Waals surface area contributed by atoms with Gasteiger partial charge in [0.15, 0.2) is 12.4 Å². The van der Waals surface area contributed by atoms with E-state index >= 15 is 0 Å². The SMILES string of the molecule is CCCCc1ccc[n+](CCCC)c1.CS(=O)(=O)[O-]. The molecule has 1 aromatic rings. The van der Waals surface area contributed by atoms with Crippen LogP contribution in [-0.4, -0.2) is 19.2 Å². The van der Waals surface area contributed by atoms with Crippen LogP contribution in [0.25, 0.3) is 0 Å². The van der Waals surface area contributed by atoms with Crippen molar-refractivity contribution in [1.82, 2.24) is 0 Å². The van der Waals surface area contributed by atoms with Gasteiger partial charge < -0.3 is 4.55 Å². The molecule has 0 aliphatic heterocycles. The third kappa shape index (κ3) is 13.3. The highest BCUT2D eigenvalue weighted by Crippen LogP contribution is 2.01. The van der Waals surface area contributed by atoms with Crippen molar-refractivity contribution in [2.75, 3.05) is 6.26 Å². The van der Waals surface area contributed by atoms with Crippen molar-refractivity contribution in [3.05, 3.63) is 30.1 Å². The smallest absolute Gasteiger partial charge is 0.171 e. The third-order valence-electron chi connectivity index (χ3n) is 2.51. The topological polar surface area (TPSA) is 61.1 Å². The van der Waals surface area contributed by atoms with E-state index in [4.69, 9.17) is 13.0 Å². The number of nitrogens with zero attached hydrogens (tertiary/aromatic N) is 1. The lowest BCUT2D eigenvalue weighted by atomic mass is 10.1. The number of aryl methyl sites for hydroxylation is 2. The Labute approximate surface area is 117 Å². The molecule has 0 atom stereocenters. The van der Waals surface area contributed by atoms with Gasteiger partial charge in [0.05, 0.1) is 10.1 Å². The maximum Gasteiger partial charge on any atom is 0.171 e. The van der Waals surface area contributed by atoms with E-state index < -0.39 is 10.1 Å². The molecule has 0 N–H and O–H groups in total. The number of aromatic nitrogens is 1. The van der Waals surface area contributed by atoms with Crippen LogP contribution in [0.3, 0.4) is 0 Å². The van der Waals surface area contributed by atoms with E-state index in [1.165, 1.54) is 37.7 Å². The van der Waals surface area contributed by atoms with Crippen LogP contribution in [0.2, 0.25) is 0 Å². The van der Waals surface area contributed by atoms with Crippen LogP contribution in [0.15, 0.2) is 24.5 Å². The van der Waals surface area contributed by atoms with E-state index in [-0.39, 0.29) is 0 Å². The number of pyridine rings is 1. The molecular formula is C14H25NO3S. The lowest BCUT2D eigenvalue weighted by molar-refractivity contribution is -0.697. The van der Waals surface area contributed by atoms with Gasteiger partial charge in [-0.1, -0.05) is 26.7 Å². The molecule has 0 aliphatic rings. The van der Waals surface area contributed by atoms with Crippen LogP contribution < -0.4 is 4.57 Å². The first-order valence-electron chi connectivity index (χ1n) is 6.75. The Morgan fingerprint density at radius 1 is 1.21 bits per heavy atom. The van der Waals surface area contributed by atoms with Crippen molar-refractivity contribution in [3.63, 3.8) is 0 Å². The van der Waals surface area contributed by atoms with Gasteiger partial charge >= 0.3 is 0 Å². The Balaban J connectivity index is 0.000000555. The van der Waals surface area contributed by atoms with Gasteiger partial charge in [-0.05, 0) is 18.9 Å². The molecule has 19 heavy (non-hydrogen) atoms. The van der Waals surface area contributed by atoms with Gasteiger partial charge in [0.25, 0.3) is 0 Å². The summed E-state index contributed by atoms with van der Waals surface area (Å²) in [4.78, 5) is 0. The van der Waals surface area contributed by atoms with Crippen LogP contribution in [0.4, 0.5) is 0 Å². The molecule has 0 radical (unpaired) electrons. The fourth-order valence-electron chi connectivity index (χ4n) is 1.58. The van der Waals surface area contributed by atoms with Gasteiger partial charge in [0, 0.05) is 24.3 Å². The van der Waals surface area contributed by atoms with Crippen LogP contribution in [0.1, 0.15) is 45.1 Å². The Morgan fingerprint density at radius 3 is 2.32 bits per heavy atom. The van der Waals surface area contributed by atoms with E-state index in [1.54, 1.807) is 0 Å². The van der Waals surface area contributed by atoms with Crippen molar-refractivity contribution >= 4 is 10.1 Å². The van der Waals surface area contributed by atoms with Crippen molar-refractivity contribution in [3.8, 4) is 0 Å². The first kappa shape index (κ1) is 18.1. The summed E-state index contributed by atoms with van der Waals surface area (Å²) in [5.41, 5.74) is 1.48. The van der Waals surface area contributed by atoms with Crippen molar-refractivity contribution in [2.24, 2.45) is 0 Å². The molecule has 0 fully saturated rings. The summed E-state index contributed by atoms with van der Waals surface area (Å²) < 4.78 is 29.5. The number of hydrogen-bond acceptors (Lipinski definition) is 3. The molecule has 0 spiro atoms. The maximum atomic E-state index is 9.08. The minimum atomic E-state index is -3.92. The van der Waals surface area contributed by atoms with Crippen molar-refractivity contribution < 1.29 is 17.5 Å². The summed E-state index contributed by atoms with van der Waals surface area (Å²) in [5, 5.41) is 0. The predicted octanol–water partition coefficient (Wildman–Crippen LogP) is 2.28. The third-order valence-corrected chi connectivity index (χ3v) is 2.51. The number of unbranched alkanes of at least 4 members (excludes halogenated alkanes) is 2. The molecule has 1 rings (SSSR count). The Bertz CT molecular complexity index is 413. The molecule has 0 bridgehead atoms. The highest BCUT2D eigenvalue weighted by molar-refractivity contribution is 7.84. The highest BCUT2D eigenvalue weighted by Gasteiger charge is 2.01. The molecule has 0 unspecified atom stereocenters. The van der Waals surface area contributed by atoms with Gasteiger partial charge in [0.2, 0.25) is 0 Å². The quantitative estimate of drug-likeness (QED) is 0.595. The summed E-state index contributed by atoms with van der Waals surface area (Å²) in [6.07, 6.45) is 11.4. The normalized spacial score (nSPS) is 10.7. The number of hydrogen-bond donors (Lipinski definition) is 0. The highest BCUT2D eigenvalue weighted by atomic mass is 32.2. The van der Waals surface area contributed by atoms with Gasteiger partial charge in [-0.15, -0.1) is 0 Å². The number of rotatable bonds is 6. The monoisotopic (exact) mass is 287 g/mol. The lowest BCUT2D eigenvalue weighted by Crippen LogP contribution is -2.33. The van der Waals surface area contributed by atoms with E-state index in [2.05, 4.69) is 42.9 Å². The summed E-state index contributed by atoms with van der Waals surface area (Å²) in [7, 11) is -3.92. The molecule has 5 heteroatoms. The Morgan fingerprint density at radius 2 is 1.79 bits per heavy atom. The van der Waals surface area contributed by atoms with E-state index in [0.29, 0.717) is 6.26 Å². The van der Waals surface area contributed by atoms with Gasteiger partial charge in [-0.25, -0.2) is 13.0 Å². The van der Waals surface area contributed by atoms with Gasteiger partial charge in [0.1, 0.15) is 6.54 Å². The van der Waals surface area contributed by atoms with Crippen LogP contribution in [-0.2, 0) is 23.1 Å². The molecule has 0 amide bonds. The summed E-state index contributed by atoms with van der Waals surface area (Å²) >= 11 is 0. The molecule has 0 saturated heterocycles. The molecular weight excluding hydrogens is 262 g/mol. The molecule has 110 valence electrons. The molecule has 1 heterocycles. The molecule has 0 aliphatic carbocycles. The first-order valence-corrected chi connectivity index (χ1v) is 8.57. The van der Waals surface area contributed by atoms with Crippen LogP contribution in [0.5, 0.6) is 0 Å². The van der Waals surface area contributed by atoms with Crippen molar-refractivity contribution in [1.29, 1.82) is 0 Å². The lowest BCUT2D eigenvalue weighted by Gasteiger charge is -1.99. The first-order chi connectivity index (χ1) is 8.86. The Hall–Kier alpha value is -0.940. The molecule has 0 saturated carbocycles. The standard InChI is InChI=1S/C13H22N.CH4O3S/c1-3-5-8-13-9-7-11-14(12-13)10-6-4-2;1-5(2,3)4/h7,9,11-12H,3-6,8,10H2,1-2H3;1H3,(H,2,3,4)/q+1;/p-1. The van der Waals surface area contributed by atoms with E-state index in [1.807, 2.05) is 0 Å². The molecule has 0 aromatic carbocycles. The summed E-state index contributed by atoms with van der Waals surface area (Å²) in [6.45, 7) is 5.64. The maximum absolute atomic E-state index is 9.08. The van der Waals surface area contributed by atoms with Gasteiger partial charge in [-0.2, -0.15) is 0 Å². The minimum Gasteiger partial charge on any atom is -0.748 e. The second kappa shape index (κ2) is 9.92. The fraction of sp³-hybridized carbons (Fsp3) is 0.643.